The van der Waals surface area contributed by atoms with Gasteiger partial charge in [-0.05, 0) is 53.4 Å². The van der Waals surface area contributed by atoms with Crippen LogP contribution in [0.4, 0.5) is 0 Å². The van der Waals surface area contributed by atoms with Crippen molar-refractivity contribution in [2.75, 3.05) is 0 Å². The highest BCUT2D eigenvalue weighted by molar-refractivity contribution is 5.03. The Morgan fingerprint density at radius 2 is 1.94 bits per heavy atom. The third kappa shape index (κ3) is 8.49. The summed E-state index contributed by atoms with van der Waals surface area (Å²) in [7, 11) is 0. The van der Waals surface area contributed by atoms with Crippen LogP contribution in [0.3, 0.4) is 0 Å². The predicted molar refractivity (Wildman–Crippen MR) is 72.5 cm³/mol. The number of allylic oxidation sites excluding steroid dienone is 4. The monoisotopic (exact) mass is 223 g/mol. The molecule has 1 N–H and O–H groups in total. The van der Waals surface area contributed by atoms with Gasteiger partial charge in [-0.1, -0.05) is 29.4 Å². The summed E-state index contributed by atoms with van der Waals surface area (Å²) in [5.41, 5.74) is 1.52. The fraction of sp³-hybridized carbons (Fsp3) is 0.600. The minimum absolute atomic E-state index is 0.543. The number of hydrogen-bond acceptors (Lipinski definition) is 1. The standard InChI is InChI=1S/C15H26O/c1-6-15(5,16)12-8-11-14(4)10-7-9-13(2)3/h6,9,11,16H,1,7-8,10,12H2,2-5H3/b14-11+/i12D/t12-,15?/m0/s1. The molecule has 0 rings (SSSR count). The lowest BCUT2D eigenvalue weighted by molar-refractivity contribution is 0.103. The number of rotatable bonds is 7. The molecule has 1 nitrogen and oxygen atoms in total. The Morgan fingerprint density at radius 1 is 1.31 bits per heavy atom. The molecule has 0 amide bonds. The Balaban J connectivity index is 4.15. The summed E-state index contributed by atoms with van der Waals surface area (Å²) >= 11 is 0. The average molecular weight is 223 g/mol. The first-order valence-electron chi connectivity index (χ1n) is 6.44. The highest BCUT2D eigenvalue weighted by Crippen LogP contribution is 2.15. The minimum atomic E-state index is -1.10. The lowest BCUT2D eigenvalue weighted by atomic mass is 9.99. The first-order chi connectivity index (χ1) is 7.79. The summed E-state index contributed by atoms with van der Waals surface area (Å²) in [5, 5.41) is 9.81. The zero-order valence-electron chi connectivity index (χ0n) is 12.1. The van der Waals surface area contributed by atoms with Crippen LogP contribution in [0.25, 0.3) is 0 Å². The summed E-state index contributed by atoms with van der Waals surface area (Å²) in [6, 6.07) is 0. The van der Waals surface area contributed by atoms with Gasteiger partial charge in [0.15, 0.2) is 0 Å². The number of aliphatic hydroxyl groups is 1. The molecule has 0 aliphatic rings. The van der Waals surface area contributed by atoms with E-state index in [1.807, 2.05) is 0 Å². The smallest absolute Gasteiger partial charge is 0.0800 e. The lowest BCUT2D eigenvalue weighted by Gasteiger charge is -2.16. The maximum absolute atomic E-state index is 9.81. The lowest BCUT2D eigenvalue weighted by Crippen LogP contribution is -2.19. The van der Waals surface area contributed by atoms with Gasteiger partial charge in [-0.25, -0.2) is 0 Å². The van der Waals surface area contributed by atoms with Gasteiger partial charge in [0.05, 0.1) is 5.60 Å². The van der Waals surface area contributed by atoms with E-state index >= 15 is 0 Å². The highest BCUT2D eigenvalue weighted by Gasteiger charge is 2.12. The van der Waals surface area contributed by atoms with Gasteiger partial charge in [0.2, 0.25) is 0 Å². The summed E-state index contributed by atoms with van der Waals surface area (Å²) in [5.74, 6) is 0. The topological polar surface area (TPSA) is 20.2 Å². The van der Waals surface area contributed by atoms with E-state index in [1.54, 1.807) is 6.92 Å². The van der Waals surface area contributed by atoms with E-state index < -0.39 is 12.0 Å². The second-order valence-electron chi connectivity index (χ2n) is 4.74. The molecule has 0 saturated heterocycles. The van der Waals surface area contributed by atoms with Crippen LogP contribution in [0.2, 0.25) is 0 Å². The molecule has 0 aliphatic carbocycles. The van der Waals surface area contributed by atoms with Crippen molar-refractivity contribution < 1.29 is 6.48 Å². The zero-order chi connectivity index (χ0) is 13.5. The average Bonchev–Trinajstić information content (AvgIpc) is 2.25. The van der Waals surface area contributed by atoms with Crippen LogP contribution >= 0.6 is 0 Å². The van der Waals surface area contributed by atoms with E-state index in [0.717, 1.165) is 12.8 Å². The zero-order valence-corrected chi connectivity index (χ0v) is 11.1. The van der Waals surface area contributed by atoms with Crippen molar-refractivity contribution >= 4 is 0 Å². The SMILES string of the molecule is [2H][C@@H](C/C=C(\C)CCC=C(C)C)C(C)(O)C=C. The molecule has 0 spiro atoms. The fourth-order valence-electron chi connectivity index (χ4n) is 1.27. The third-order valence-corrected chi connectivity index (χ3v) is 2.50. The van der Waals surface area contributed by atoms with Crippen molar-refractivity contribution in [2.24, 2.45) is 0 Å². The van der Waals surface area contributed by atoms with Crippen molar-refractivity contribution in [3.63, 3.8) is 0 Å². The summed E-state index contributed by atoms with van der Waals surface area (Å²) in [4.78, 5) is 0. The van der Waals surface area contributed by atoms with E-state index in [4.69, 9.17) is 1.37 Å². The summed E-state index contributed by atoms with van der Waals surface area (Å²) < 4.78 is 7.84. The Bertz CT molecular complexity index is 296. The molecule has 2 atom stereocenters. The van der Waals surface area contributed by atoms with Gasteiger partial charge in [0.25, 0.3) is 0 Å². The van der Waals surface area contributed by atoms with Crippen molar-refractivity contribution in [1.29, 1.82) is 0 Å². The van der Waals surface area contributed by atoms with Crippen LogP contribution in [0.5, 0.6) is 0 Å². The maximum atomic E-state index is 9.81. The first-order valence-corrected chi connectivity index (χ1v) is 5.86. The van der Waals surface area contributed by atoms with Crippen LogP contribution in [-0.4, -0.2) is 10.7 Å². The van der Waals surface area contributed by atoms with Crippen molar-refractivity contribution in [3.8, 4) is 0 Å². The van der Waals surface area contributed by atoms with Gasteiger partial charge in [0.1, 0.15) is 0 Å². The van der Waals surface area contributed by atoms with E-state index in [0.29, 0.717) is 6.42 Å². The van der Waals surface area contributed by atoms with Crippen molar-refractivity contribution in [1.82, 2.24) is 0 Å². The molecule has 0 aliphatic heterocycles. The molecule has 1 unspecified atom stereocenters. The Labute approximate surface area is 102 Å². The quantitative estimate of drug-likeness (QED) is 0.634. The molecule has 0 bridgehead atoms. The summed E-state index contributed by atoms with van der Waals surface area (Å²) in [6.45, 7) is 11.5. The van der Waals surface area contributed by atoms with Crippen molar-refractivity contribution in [3.05, 3.63) is 36.0 Å². The van der Waals surface area contributed by atoms with Crippen LogP contribution < -0.4 is 0 Å². The Hall–Kier alpha value is -0.820. The predicted octanol–water partition coefficient (Wildman–Crippen LogP) is 4.40. The van der Waals surface area contributed by atoms with Gasteiger partial charge in [0, 0.05) is 1.37 Å². The molecule has 0 fully saturated rings. The third-order valence-electron chi connectivity index (χ3n) is 2.50. The molecule has 16 heavy (non-hydrogen) atoms. The molecule has 0 aromatic rings. The second-order valence-corrected chi connectivity index (χ2v) is 4.74. The van der Waals surface area contributed by atoms with Gasteiger partial charge in [-0.2, -0.15) is 0 Å². The van der Waals surface area contributed by atoms with Crippen LogP contribution in [-0.2, 0) is 0 Å². The van der Waals surface area contributed by atoms with E-state index in [-0.39, 0.29) is 0 Å². The largest absolute Gasteiger partial charge is 0.386 e. The van der Waals surface area contributed by atoms with Gasteiger partial charge in [-0.3, -0.25) is 0 Å². The molecule has 0 saturated carbocycles. The van der Waals surface area contributed by atoms with Crippen LogP contribution in [0.1, 0.15) is 54.7 Å². The normalized spacial score (nSPS) is 18.3. The fourth-order valence-corrected chi connectivity index (χ4v) is 1.27. The second kappa shape index (κ2) is 7.45. The molecule has 0 aromatic heterocycles. The Kier molecular flexibility index (Phi) is 6.17. The Morgan fingerprint density at radius 3 is 2.44 bits per heavy atom. The number of hydrogen-bond donors (Lipinski definition) is 1. The molecule has 0 heterocycles. The van der Waals surface area contributed by atoms with Crippen LogP contribution in [0, 0.1) is 0 Å². The molecule has 92 valence electrons. The van der Waals surface area contributed by atoms with E-state index in [9.17, 15) is 5.11 Å². The van der Waals surface area contributed by atoms with Crippen molar-refractivity contribution in [2.45, 2.75) is 59.0 Å². The highest BCUT2D eigenvalue weighted by atomic mass is 16.3. The van der Waals surface area contributed by atoms with Gasteiger partial charge in [-0.15, -0.1) is 6.58 Å². The molecule has 0 radical (unpaired) electrons. The van der Waals surface area contributed by atoms with E-state index in [1.165, 1.54) is 17.2 Å². The molecular weight excluding hydrogens is 196 g/mol. The van der Waals surface area contributed by atoms with Gasteiger partial charge >= 0.3 is 0 Å². The molecule has 0 aromatic carbocycles. The van der Waals surface area contributed by atoms with E-state index in [2.05, 4.69) is 39.5 Å². The van der Waals surface area contributed by atoms with Gasteiger partial charge < -0.3 is 5.11 Å². The summed E-state index contributed by atoms with van der Waals surface area (Å²) in [6.07, 6.45) is 7.80. The van der Waals surface area contributed by atoms with Crippen LogP contribution in [0.15, 0.2) is 36.0 Å². The molecule has 1 heteroatoms. The first kappa shape index (κ1) is 13.2. The minimum Gasteiger partial charge on any atom is -0.386 e. The molecular formula is C15H26O. The maximum Gasteiger partial charge on any atom is 0.0800 e.